The van der Waals surface area contributed by atoms with Gasteiger partial charge in [-0.25, -0.2) is 0 Å². The van der Waals surface area contributed by atoms with Crippen LogP contribution in [0.1, 0.15) is 68.3 Å². The van der Waals surface area contributed by atoms with E-state index in [1.165, 1.54) is 25.7 Å². The van der Waals surface area contributed by atoms with Crippen molar-refractivity contribution in [3.8, 4) is 5.75 Å². The van der Waals surface area contributed by atoms with Crippen LogP contribution in [0.3, 0.4) is 0 Å². The van der Waals surface area contributed by atoms with Crippen LogP contribution in [0.5, 0.6) is 5.75 Å². The SMILES string of the molecule is CCCCCCC(CC)Oc1ccc(C(=O)c2ccccc2)cc1. The highest BCUT2D eigenvalue weighted by Gasteiger charge is 2.11. The van der Waals surface area contributed by atoms with Crippen molar-refractivity contribution in [2.24, 2.45) is 0 Å². The molecule has 2 nitrogen and oxygen atoms in total. The van der Waals surface area contributed by atoms with Gasteiger partial charge in [0.1, 0.15) is 5.75 Å². The van der Waals surface area contributed by atoms with Crippen LogP contribution < -0.4 is 4.74 Å². The summed E-state index contributed by atoms with van der Waals surface area (Å²) in [5.41, 5.74) is 1.41. The Balaban J connectivity index is 1.92. The highest BCUT2D eigenvalue weighted by Crippen LogP contribution is 2.19. The van der Waals surface area contributed by atoms with Gasteiger partial charge in [0.25, 0.3) is 0 Å². The number of unbranched alkanes of at least 4 members (excludes halogenated alkanes) is 3. The van der Waals surface area contributed by atoms with E-state index in [1.54, 1.807) is 0 Å². The quantitative estimate of drug-likeness (QED) is 0.393. The Morgan fingerprint density at radius 1 is 0.875 bits per heavy atom. The Hall–Kier alpha value is -2.09. The average Bonchev–Trinajstić information content (AvgIpc) is 2.65. The predicted octanol–water partition coefficient (Wildman–Crippen LogP) is 6.05. The van der Waals surface area contributed by atoms with Gasteiger partial charge >= 0.3 is 0 Å². The van der Waals surface area contributed by atoms with E-state index in [9.17, 15) is 4.79 Å². The van der Waals surface area contributed by atoms with Gasteiger partial charge in [-0.1, -0.05) is 63.4 Å². The van der Waals surface area contributed by atoms with Gasteiger partial charge in [0.2, 0.25) is 0 Å². The van der Waals surface area contributed by atoms with Crippen LogP contribution in [0.2, 0.25) is 0 Å². The fourth-order valence-corrected chi connectivity index (χ4v) is 2.78. The molecule has 2 rings (SSSR count). The zero-order valence-corrected chi connectivity index (χ0v) is 14.8. The van der Waals surface area contributed by atoms with Crippen molar-refractivity contribution in [2.75, 3.05) is 0 Å². The number of carbonyl (C=O) groups is 1. The standard InChI is InChI=1S/C22H28O2/c1-3-5-6-10-13-20(4-2)24-21-16-14-19(15-17-21)22(23)18-11-8-7-9-12-18/h7-9,11-12,14-17,20H,3-6,10,13H2,1-2H3. The Morgan fingerprint density at radius 2 is 1.54 bits per heavy atom. The highest BCUT2D eigenvalue weighted by atomic mass is 16.5. The van der Waals surface area contributed by atoms with Crippen LogP contribution in [0.4, 0.5) is 0 Å². The van der Waals surface area contributed by atoms with Crippen molar-refractivity contribution in [3.05, 3.63) is 65.7 Å². The molecule has 0 N–H and O–H groups in total. The van der Waals surface area contributed by atoms with Crippen molar-refractivity contribution in [1.29, 1.82) is 0 Å². The third kappa shape index (κ3) is 5.52. The summed E-state index contributed by atoms with van der Waals surface area (Å²) in [6, 6.07) is 16.9. The van der Waals surface area contributed by atoms with Crippen molar-refractivity contribution in [2.45, 2.75) is 58.5 Å². The second-order valence-electron chi connectivity index (χ2n) is 6.22. The minimum Gasteiger partial charge on any atom is -0.490 e. The van der Waals surface area contributed by atoms with E-state index in [2.05, 4.69) is 13.8 Å². The summed E-state index contributed by atoms with van der Waals surface area (Å²) in [7, 11) is 0. The number of benzene rings is 2. The first-order chi connectivity index (χ1) is 11.7. The number of carbonyl (C=O) groups excluding carboxylic acids is 1. The third-order valence-electron chi connectivity index (χ3n) is 4.29. The molecule has 128 valence electrons. The fourth-order valence-electron chi connectivity index (χ4n) is 2.78. The van der Waals surface area contributed by atoms with E-state index < -0.39 is 0 Å². The van der Waals surface area contributed by atoms with E-state index in [-0.39, 0.29) is 11.9 Å². The smallest absolute Gasteiger partial charge is 0.193 e. The largest absolute Gasteiger partial charge is 0.490 e. The Morgan fingerprint density at radius 3 is 2.17 bits per heavy atom. The van der Waals surface area contributed by atoms with Crippen LogP contribution in [-0.2, 0) is 0 Å². The second-order valence-corrected chi connectivity index (χ2v) is 6.22. The lowest BCUT2D eigenvalue weighted by Gasteiger charge is -2.17. The minimum atomic E-state index is 0.0498. The van der Waals surface area contributed by atoms with Gasteiger partial charge in [-0.05, 0) is 43.5 Å². The normalized spacial score (nSPS) is 11.9. The molecule has 0 bridgehead atoms. The molecule has 2 heteroatoms. The number of ether oxygens (including phenoxy) is 1. The maximum Gasteiger partial charge on any atom is 0.193 e. The Labute approximate surface area is 145 Å². The van der Waals surface area contributed by atoms with E-state index >= 15 is 0 Å². The van der Waals surface area contributed by atoms with Crippen LogP contribution >= 0.6 is 0 Å². The molecular formula is C22H28O2. The van der Waals surface area contributed by atoms with Gasteiger partial charge in [0.15, 0.2) is 5.78 Å². The molecule has 0 aliphatic heterocycles. The summed E-state index contributed by atoms with van der Waals surface area (Å²) in [6.07, 6.45) is 7.43. The van der Waals surface area contributed by atoms with Crippen molar-refractivity contribution in [1.82, 2.24) is 0 Å². The topological polar surface area (TPSA) is 26.3 Å². The lowest BCUT2D eigenvalue weighted by molar-refractivity contribution is 0.103. The third-order valence-corrected chi connectivity index (χ3v) is 4.29. The van der Waals surface area contributed by atoms with Crippen LogP contribution in [0, 0.1) is 0 Å². The molecule has 0 saturated heterocycles. The van der Waals surface area contributed by atoms with Gasteiger partial charge in [0, 0.05) is 11.1 Å². The predicted molar refractivity (Wildman–Crippen MR) is 99.8 cm³/mol. The molecular weight excluding hydrogens is 296 g/mol. The van der Waals surface area contributed by atoms with Crippen molar-refractivity contribution < 1.29 is 9.53 Å². The lowest BCUT2D eigenvalue weighted by atomic mass is 10.0. The van der Waals surface area contributed by atoms with Gasteiger partial charge in [-0.3, -0.25) is 4.79 Å². The van der Waals surface area contributed by atoms with E-state index in [0.29, 0.717) is 11.1 Å². The van der Waals surface area contributed by atoms with Gasteiger partial charge in [-0.2, -0.15) is 0 Å². The molecule has 0 aromatic heterocycles. The van der Waals surface area contributed by atoms with E-state index in [0.717, 1.165) is 18.6 Å². The van der Waals surface area contributed by atoms with Crippen molar-refractivity contribution in [3.63, 3.8) is 0 Å². The summed E-state index contributed by atoms with van der Waals surface area (Å²) in [5.74, 6) is 0.899. The second kappa shape index (κ2) is 9.92. The molecule has 0 fully saturated rings. The molecule has 2 aromatic rings. The number of hydrogen-bond acceptors (Lipinski definition) is 2. The Bertz CT molecular complexity index is 602. The zero-order valence-electron chi connectivity index (χ0n) is 14.8. The monoisotopic (exact) mass is 324 g/mol. The number of ketones is 1. The fraction of sp³-hybridized carbons (Fsp3) is 0.409. The molecule has 0 aliphatic rings. The lowest BCUT2D eigenvalue weighted by Crippen LogP contribution is -2.15. The summed E-state index contributed by atoms with van der Waals surface area (Å²) >= 11 is 0. The highest BCUT2D eigenvalue weighted by molar-refractivity contribution is 6.08. The summed E-state index contributed by atoms with van der Waals surface area (Å²) in [5, 5.41) is 0. The van der Waals surface area contributed by atoms with Crippen LogP contribution in [0.25, 0.3) is 0 Å². The van der Waals surface area contributed by atoms with Crippen LogP contribution in [-0.4, -0.2) is 11.9 Å². The molecule has 24 heavy (non-hydrogen) atoms. The first-order valence-electron chi connectivity index (χ1n) is 9.11. The molecule has 0 spiro atoms. The van der Waals surface area contributed by atoms with Crippen LogP contribution in [0.15, 0.2) is 54.6 Å². The van der Waals surface area contributed by atoms with Gasteiger partial charge in [-0.15, -0.1) is 0 Å². The first kappa shape index (κ1) is 18.3. The molecule has 1 unspecified atom stereocenters. The van der Waals surface area contributed by atoms with Gasteiger partial charge < -0.3 is 4.74 Å². The Kier molecular flexibility index (Phi) is 7.54. The van der Waals surface area contributed by atoms with E-state index in [4.69, 9.17) is 4.74 Å². The molecule has 0 amide bonds. The summed E-state index contributed by atoms with van der Waals surface area (Å²) < 4.78 is 6.07. The molecule has 2 aromatic carbocycles. The molecule has 0 radical (unpaired) electrons. The van der Waals surface area contributed by atoms with Gasteiger partial charge in [0.05, 0.1) is 6.10 Å². The zero-order chi connectivity index (χ0) is 17.2. The molecule has 0 aliphatic carbocycles. The minimum absolute atomic E-state index is 0.0498. The van der Waals surface area contributed by atoms with E-state index in [1.807, 2.05) is 54.6 Å². The molecule has 0 heterocycles. The maximum absolute atomic E-state index is 12.4. The summed E-state index contributed by atoms with van der Waals surface area (Å²) in [6.45, 7) is 4.39. The average molecular weight is 324 g/mol. The number of hydrogen-bond donors (Lipinski definition) is 0. The molecule has 0 saturated carbocycles. The number of rotatable bonds is 10. The summed E-state index contributed by atoms with van der Waals surface area (Å²) in [4.78, 5) is 12.4. The maximum atomic E-state index is 12.4. The van der Waals surface area contributed by atoms with Crippen molar-refractivity contribution >= 4 is 5.78 Å². The molecule has 1 atom stereocenters. The first-order valence-corrected chi connectivity index (χ1v) is 9.11.